The van der Waals surface area contributed by atoms with E-state index in [-0.39, 0.29) is 4.90 Å². The van der Waals surface area contributed by atoms with Crippen LogP contribution in [0.25, 0.3) is 0 Å². The molecule has 1 unspecified atom stereocenters. The third-order valence-electron chi connectivity index (χ3n) is 4.62. The molecule has 1 aliphatic heterocycles. The van der Waals surface area contributed by atoms with Crippen LogP contribution in [-0.4, -0.2) is 42.0 Å². The molecule has 1 amide bonds. The third kappa shape index (κ3) is 4.96. The zero-order valence-electron chi connectivity index (χ0n) is 16.1. The number of sulfonamides is 1. The quantitative estimate of drug-likeness (QED) is 0.525. The van der Waals surface area contributed by atoms with Crippen molar-refractivity contribution >= 4 is 33.4 Å². The van der Waals surface area contributed by atoms with Gasteiger partial charge in [0.15, 0.2) is 17.5 Å². The van der Waals surface area contributed by atoms with Crippen LogP contribution in [0.3, 0.4) is 0 Å². The second-order valence-electron chi connectivity index (χ2n) is 6.77. The first-order valence-corrected chi connectivity index (χ1v) is 11.6. The lowest BCUT2D eigenvalue weighted by Crippen LogP contribution is -2.35. The normalized spacial score (nSPS) is 16.3. The molecule has 1 aliphatic rings. The number of carbonyl (C=O) groups excluding carboxylic acids is 1. The number of piperidine rings is 1. The van der Waals surface area contributed by atoms with Crippen molar-refractivity contribution in [2.45, 2.75) is 41.4 Å². The highest BCUT2D eigenvalue weighted by Gasteiger charge is 2.26. The van der Waals surface area contributed by atoms with E-state index in [4.69, 9.17) is 0 Å². The van der Waals surface area contributed by atoms with E-state index in [1.54, 1.807) is 0 Å². The SMILES string of the molecule is CC(Sc1ccc(S(=O)(=O)N2CCCCC2)cn1)C(=O)Nc1ccc(F)c(F)c1F. The van der Waals surface area contributed by atoms with Crippen molar-refractivity contribution < 1.29 is 26.4 Å². The number of hydrogen-bond acceptors (Lipinski definition) is 5. The molecule has 0 radical (unpaired) electrons. The Labute approximate surface area is 176 Å². The molecule has 1 aromatic heterocycles. The van der Waals surface area contributed by atoms with E-state index in [2.05, 4.69) is 10.3 Å². The van der Waals surface area contributed by atoms with Gasteiger partial charge in [-0.2, -0.15) is 4.31 Å². The van der Waals surface area contributed by atoms with Gasteiger partial charge in [0, 0.05) is 19.3 Å². The van der Waals surface area contributed by atoms with Crippen LogP contribution >= 0.6 is 11.8 Å². The van der Waals surface area contributed by atoms with Crippen LogP contribution in [0.4, 0.5) is 18.9 Å². The zero-order chi connectivity index (χ0) is 21.9. The van der Waals surface area contributed by atoms with E-state index in [1.165, 1.54) is 29.6 Å². The summed E-state index contributed by atoms with van der Waals surface area (Å²) >= 11 is 1.02. The van der Waals surface area contributed by atoms with Crippen molar-refractivity contribution in [3.63, 3.8) is 0 Å². The molecule has 1 fully saturated rings. The Kier molecular flexibility index (Phi) is 7.04. The molecule has 6 nitrogen and oxygen atoms in total. The number of thioether (sulfide) groups is 1. The lowest BCUT2D eigenvalue weighted by Gasteiger charge is -2.25. The average molecular weight is 460 g/mol. The maximum absolute atomic E-state index is 13.7. The molecule has 162 valence electrons. The van der Waals surface area contributed by atoms with Crippen LogP contribution < -0.4 is 5.32 Å². The summed E-state index contributed by atoms with van der Waals surface area (Å²) in [5.41, 5.74) is -0.470. The van der Waals surface area contributed by atoms with Crippen molar-refractivity contribution in [1.29, 1.82) is 0 Å². The number of carbonyl (C=O) groups is 1. The Morgan fingerprint density at radius 1 is 1.10 bits per heavy atom. The zero-order valence-corrected chi connectivity index (χ0v) is 17.7. The second kappa shape index (κ2) is 9.36. The van der Waals surface area contributed by atoms with Crippen LogP contribution in [0, 0.1) is 17.5 Å². The predicted octanol–water partition coefficient (Wildman–Crippen LogP) is 3.79. The summed E-state index contributed by atoms with van der Waals surface area (Å²) in [7, 11) is -3.60. The summed E-state index contributed by atoms with van der Waals surface area (Å²) in [5, 5.41) is 1.84. The first-order chi connectivity index (χ1) is 14.2. The summed E-state index contributed by atoms with van der Waals surface area (Å²) in [6.07, 6.45) is 3.90. The molecular formula is C19H20F3N3O3S2. The van der Waals surface area contributed by atoms with Crippen LogP contribution in [0.5, 0.6) is 0 Å². The van der Waals surface area contributed by atoms with Crippen molar-refractivity contribution in [3.05, 3.63) is 47.9 Å². The molecule has 0 saturated carbocycles. The minimum atomic E-state index is -3.60. The number of nitrogens with zero attached hydrogens (tertiary/aromatic N) is 2. The van der Waals surface area contributed by atoms with Gasteiger partial charge in [0.2, 0.25) is 15.9 Å². The predicted molar refractivity (Wildman–Crippen MR) is 107 cm³/mol. The first-order valence-electron chi connectivity index (χ1n) is 9.27. The summed E-state index contributed by atoms with van der Waals surface area (Å²) < 4.78 is 66.7. The Morgan fingerprint density at radius 2 is 1.80 bits per heavy atom. The van der Waals surface area contributed by atoms with E-state index in [1.807, 2.05) is 0 Å². The van der Waals surface area contributed by atoms with Gasteiger partial charge in [0.25, 0.3) is 0 Å². The minimum absolute atomic E-state index is 0.0784. The van der Waals surface area contributed by atoms with Gasteiger partial charge in [0.05, 0.1) is 16.0 Å². The molecule has 2 heterocycles. The molecule has 30 heavy (non-hydrogen) atoms. The lowest BCUT2D eigenvalue weighted by molar-refractivity contribution is -0.115. The summed E-state index contributed by atoms with van der Waals surface area (Å²) in [5.74, 6) is -5.14. The Morgan fingerprint density at radius 3 is 2.43 bits per heavy atom. The molecule has 0 aliphatic carbocycles. The number of aromatic nitrogens is 1. The number of benzene rings is 1. The molecule has 3 rings (SSSR count). The van der Waals surface area contributed by atoms with Crippen molar-refractivity contribution in [1.82, 2.24) is 9.29 Å². The minimum Gasteiger partial charge on any atom is -0.323 e. The van der Waals surface area contributed by atoms with Crippen LogP contribution in [0.15, 0.2) is 40.4 Å². The fourth-order valence-corrected chi connectivity index (χ4v) is 5.19. The van der Waals surface area contributed by atoms with E-state index in [9.17, 15) is 26.4 Å². The van der Waals surface area contributed by atoms with Crippen LogP contribution in [0.2, 0.25) is 0 Å². The van der Waals surface area contributed by atoms with E-state index < -0.39 is 44.3 Å². The highest BCUT2D eigenvalue weighted by molar-refractivity contribution is 8.00. The van der Waals surface area contributed by atoms with Gasteiger partial charge >= 0.3 is 0 Å². The summed E-state index contributed by atoms with van der Waals surface area (Å²) in [6.45, 7) is 2.49. The molecule has 1 saturated heterocycles. The number of rotatable bonds is 6. The van der Waals surface area contributed by atoms with Gasteiger partial charge < -0.3 is 5.32 Å². The smallest absolute Gasteiger partial charge is 0.244 e. The number of hydrogen-bond donors (Lipinski definition) is 1. The number of pyridine rings is 1. The van der Waals surface area contributed by atoms with Gasteiger partial charge in [-0.05, 0) is 44.0 Å². The Hall–Kier alpha value is -2.11. The number of nitrogens with one attached hydrogen (secondary N) is 1. The van der Waals surface area contributed by atoms with E-state index in [0.717, 1.165) is 43.2 Å². The average Bonchev–Trinajstić information content (AvgIpc) is 2.75. The molecule has 1 N–H and O–H groups in total. The molecule has 2 aromatic rings. The standard InChI is InChI=1S/C19H20F3N3O3S2/c1-12(19(26)24-15-7-6-14(20)17(21)18(15)22)29-16-8-5-13(11-23-16)30(27,28)25-9-3-2-4-10-25/h5-8,11-12H,2-4,9-10H2,1H3,(H,24,26). The second-order valence-corrected chi connectivity index (χ2v) is 10.1. The third-order valence-corrected chi connectivity index (χ3v) is 7.55. The van der Waals surface area contributed by atoms with Gasteiger partial charge in [0.1, 0.15) is 4.90 Å². The highest BCUT2D eigenvalue weighted by Crippen LogP contribution is 2.26. The molecule has 0 spiro atoms. The first kappa shape index (κ1) is 22.6. The van der Waals surface area contributed by atoms with Gasteiger partial charge in [-0.25, -0.2) is 26.6 Å². The molecular weight excluding hydrogens is 439 g/mol. The Bertz CT molecular complexity index is 1030. The van der Waals surface area contributed by atoms with Gasteiger partial charge in [-0.1, -0.05) is 18.2 Å². The van der Waals surface area contributed by atoms with Gasteiger partial charge in [-0.15, -0.1) is 0 Å². The van der Waals surface area contributed by atoms with E-state index >= 15 is 0 Å². The molecule has 1 aromatic carbocycles. The monoisotopic (exact) mass is 459 g/mol. The molecule has 0 bridgehead atoms. The lowest BCUT2D eigenvalue weighted by atomic mass is 10.2. The Balaban J connectivity index is 1.65. The fraction of sp³-hybridized carbons (Fsp3) is 0.368. The largest absolute Gasteiger partial charge is 0.323 e. The highest BCUT2D eigenvalue weighted by atomic mass is 32.2. The maximum Gasteiger partial charge on any atom is 0.244 e. The summed E-state index contributed by atoms with van der Waals surface area (Å²) in [6, 6.07) is 4.57. The van der Waals surface area contributed by atoms with Crippen LogP contribution in [-0.2, 0) is 14.8 Å². The van der Waals surface area contributed by atoms with E-state index in [0.29, 0.717) is 18.1 Å². The van der Waals surface area contributed by atoms with Crippen molar-refractivity contribution in [2.24, 2.45) is 0 Å². The van der Waals surface area contributed by atoms with Crippen molar-refractivity contribution in [2.75, 3.05) is 18.4 Å². The van der Waals surface area contributed by atoms with Crippen LogP contribution in [0.1, 0.15) is 26.2 Å². The van der Waals surface area contributed by atoms with Crippen molar-refractivity contribution in [3.8, 4) is 0 Å². The fourth-order valence-electron chi connectivity index (χ4n) is 2.93. The maximum atomic E-state index is 13.7. The number of amides is 1. The topological polar surface area (TPSA) is 79.4 Å². The molecule has 1 atom stereocenters. The number of halogens is 3. The molecule has 11 heteroatoms. The number of anilines is 1. The van der Waals surface area contributed by atoms with Gasteiger partial charge in [-0.3, -0.25) is 4.79 Å². The summed E-state index contributed by atoms with van der Waals surface area (Å²) in [4.78, 5) is 16.4.